The maximum absolute atomic E-state index is 14.0. The highest BCUT2D eigenvalue weighted by atomic mass is 16.3. The molecular formula is C47H46N2O4. The van der Waals surface area contributed by atoms with Gasteiger partial charge in [0.1, 0.15) is 6.42 Å². The second-order valence-corrected chi connectivity index (χ2v) is 13.9. The van der Waals surface area contributed by atoms with Gasteiger partial charge in [-0.2, -0.15) is 0 Å². The topological polar surface area (TPSA) is 98.7 Å². The first kappa shape index (κ1) is 37.0. The zero-order valence-electron chi connectivity index (χ0n) is 29.7. The molecule has 0 spiro atoms. The van der Waals surface area contributed by atoms with Crippen molar-refractivity contribution in [2.45, 2.75) is 55.4 Å². The van der Waals surface area contributed by atoms with Gasteiger partial charge in [0.25, 0.3) is 0 Å². The van der Waals surface area contributed by atoms with Crippen LogP contribution in [0.1, 0.15) is 51.9 Å². The molecule has 6 rings (SSSR count). The molecule has 0 aliphatic heterocycles. The minimum absolute atomic E-state index is 0.261. The minimum Gasteiger partial charge on any atom is -0.387 e. The molecule has 6 heteroatoms. The average molecular weight is 703 g/mol. The largest absolute Gasteiger partial charge is 0.387 e. The van der Waals surface area contributed by atoms with E-state index in [0.717, 1.165) is 33.4 Å². The molecule has 0 saturated heterocycles. The van der Waals surface area contributed by atoms with E-state index < -0.39 is 41.5 Å². The summed E-state index contributed by atoms with van der Waals surface area (Å²) in [6, 6.07) is 55.9. The number of rotatable bonds is 16. The summed E-state index contributed by atoms with van der Waals surface area (Å²) < 4.78 is 0. The Morgan fingerprint density at radius 3 is 0.868 bits per heavy atom. The van der Waals surface area contributed by atoms with Gasteiger partial charge >= 0.3 is 0 Å². The fourth-order valence-corrected chi connectivity index (χ4v) is 7.25. The maximum atomic E-state index is 14.0. The van der Waals surface area contributed by atoms with Gasteiger partial charge in [-0.1, -0.05) is 182 Å². The SMILES string of the molecule is O=C(CC(=O)N[C@H](c1ccccc1)C(O)(Cc1ccccc1)Cc1ccccc1)N[C@H](c1ccccc1)C(O)(Cc1ccccc1)Cc1ccccc1. The van der Waals surface area contributed by atoms with E-state index in [4.69, 9.17) is 0 Å². The Kier molecular flexibility index (Phi) is 12.3. The van der Waals surface area contributed by atoms with Crippen molar-refractivity contribution in [3.63, 3.8) is 0 Å². The normalized spacial score (nSPS) is 12.7. The lowest BCUT2D eigenvalue weighted by molar-refractivity contribution is -0.133. The van der Waals surface area contributed by atoms with Gasteiger partial charge in [0.15, 0.2) is 0 Å². The van der Waals surface area contributed by atoms with Crippen molar-refractivity contribution >= 4 is 11.8 Å². The first-order valence-electron chi connectivity index (χ1n) is 18.1. The lowest BCUT2D eigenvalue weighted by Crippen LogP contribution is -2.51. The Morgan fingerprint density at radius 1 is 0.396 bits per heavy atom. The van der Waals surface area contributed by atoms with Crippen molar-refractivity contribution in [1.29, 1.82) is 0 Å². The molecule has 268 valence electrons. The van der Waals surface area contributed by atoms with Gasteiger partial charge in [-0.25, -0.2) is 0 Å². The fourth-order valence-electron chi connectivity index (χ4n) is 7.25. The van der Waals surface area contributed by atoms with Crippen LogP contribution in [0.5, 0.6) is 0 Å². The number of aliphatic hydroxyl groups is 2. The predicted octanol–water partition coefficient (Wildman–Crippen LogP) is 7.52. The van der Waals surface area contributed by atoms with E-state index >= 15 is 0 Å². The summed E-state index contributed by atoms with van der Waals surface area (Å²) in [5.74, 6) is -1.09. The van der Waals surface area contributed by atoms with Crippen molar-refractivity contribution in [3.05, 3.63) is 215 Å². The number of nitrogens with one attached hydrogen (secondary N) is 2. The van der Waals surface area contributed by atoms with Crippen LogP contribution in [0.3, 0.4) is 0 Å². The molecule has 0 bridgehead atoms. The zero-order valence-corrected chi connectivity index (χ0v) is 29.7. The highest BCUT2D eigenvalue weighted by Crippen LogP contribution is 2.35. The van der Waals surface area contributed by atoms with E-state index in [9.17, 15) is 19.8 Å². The smallest absolute Gasteiger partial charge is 0.230 e. The predicted molar refractivity (Wildman–Crippen MR) is 210 cm³/mol. The molecule has 6 aromatic carbocycles. The van der Waals surface area contributed by atoms with Gasteiger partial charge in [0.2, 0.25) is 11.8 Å². The van der Waals surface area contributed by atoms with Crippen LogP contribution in [-0.2, 0) is 35.3 Å². The molecule has 0 aliphatic carbocycles. The molecule has 6 nitrogen and oxygen atoms in total. The molecule has 0 heterocycles. The summed E-state index contributed by atoms with van der Waals surface area (Å²) in [7, 11) is 0. The van der Waals surface area contributed by atoms with Crippen LogP contribution < -0.4 is 10.6 Å². The van der Waals surface area contributed by atoms with Crippen LogP contribution in [-0.4, -0.2) is 33.2 Å². The lowest BCUT2D eigenvalue weighted by atomic mass is 9.78. The standard InChI is InChI=1S/C47H46N2O4/c50-42(48-44(40-27-15-5-16-28-40)46(52,32-36-19-7-1-8-20-36)33-37-21-9-2-10-22-37)31-43(51)49-45(41-29-17-6-18-30-41)47(53,34-38-23-11-3-12-24-38)35-39-25-13-4-14-26-39/h1-30,44-45,52-53H,31-35H2,(H,48,50)(H,49,51)/t44-,45-/m1/s1. The van der Waals surface area contributed by atoms with Gasteiger partial charge in [0, 0.05) is 25.7 Å². The summed E-state index contributed by atoms with van der Waals surface area (Å²) in [4.78, 5) is 28.0. The van der Waals surface area contributed by atoms with E-state index in [0.29, 0.717) is 0 Å². The van der Waals surface area contributed by atoms with Crippen molar-refractivity contribution in [2.75, 3.05) is 0 Å². The minimum atomic E-state index is -1.45. The number of hydrogen-bond donors (Lipinski definition) is 4. The average Bonchev–Trinajstić information content (AvgIpc) is 3.18. The van der Waals surface area contributed by atoms with E-state index in [1.54, 1.807) is 0 Å². The van der Waals surface area contributed by atoms with Gasteiger partial charge in [0.05, 0.1) is 23.3 Å². The monoisotopic (exact) mass is 702 g/mol. The van der Waals surface area contributed by atoms with E-state index in [-0.39, 0.29) is 25.7 Å². The molecule has 0 aliphatic rings. The molecule has 0 saturated carbocycles. The second-order valence-electron chi connectivity index (χ2n) is 13.9. The van der Waals surface area contributed by atoms with Gasteiger partial charge in [-0.3, -0.25) is 9.59 Å². The Labute approximate surface area is 312 Å². The molecule has 2 atom stereocenters. The first-order valence-corrected chi connectivity index (χ1v) is 18.1. The third-order valence-corrected chi connectivity index (χ3v) is 9.68. The molecule has 0 radical (unpaired) electrons. The molecule has 6 aromatic rings. The highest BCUT2D eigenvalue weighted by Gasteiger charge is 2.41. The first-order chi connectivity index (χ1) is 25.8. The van der Waals surface area contributed by atoms with Gasteiger partial charge in [-0.05, 0) is 33.4 Å². The van der Waals surface area contributed by atoms with E-state index in [1.165, 1.54) is 0 Å². The number of benzene rings is 6. The molecular weight excluding hydrogens is 657 g/mol. The highest BCUT2D eigenvalue weighted by molar-refractivity contribution is 5.97. The van der Waals surface area contributed by atoms with Crippen molar-refractivity contribution in [3.8, 4) is 0 Å². The Morgan fingerprint density at radius 2 is 0.623 bits per heavy atom. The van der Waals surface area contributed by atoms with Crippen LogP contribution >= 0.6 is 0 Å². The maximum Gasteiger partial charge on any atom is 0.230 e. The van der Waals surface area contributed by atoms with Gasteiger partial charge < -0.3 is 20.8 Å². The number of carbonyl (C=O) groups excluding carboxylic acids is 2. The Bertz CT molecular complexity index is 1780. The third-order valence-electron chi connectivity index (χ3n) is 9.68. The van der Waals surface area contributed by atoms with Crippen LogP contribution in [0.2, 0.25) is 0 Å². The third kappa shape index (κ3) is 10.2. The summed E-state index contributed by atoms with van der Waals surface area (Å²) in [6.07, 6.45) is 0.535. The summed E-state index contributed by atoms with van der Waals surface area (Å²) in [5.41, 5.74) is 2.21. The molecule has 0 unspecified atom stereocenters. The molecule has 4 N–H and O–H groups in total. The Hall–Kier alpha value is -5.82. The molecule has 2 amide bonds. The molecule has 53 heavy (non-hydrogen) atoms. The molecule has 0 fully saturated rings. The van der Waals surface area contributed by atoms with Gasteiger partial charge in [-0.15, -0.1) is 0 Å². The summed E-state index contributed by atoms with van der Waals surface area (Å²) >= 11 is 0. The summed E-state index contributed by atoms with van der Waals surface area (Å²) in [6.45, 7) is 0. The van der Waals surface area contributed by atoms with Crippen LogP contribution in [0, 0.1) is 0 Å². The van der Waals surface area contributed by atoms with Crippen molar-refractivity contribution in [2.24, 2.45) is 0 Å². The number of amides is 2. The number of hydrogen-bond acceptors (Lipinski definition) is 4. The van der Waals surface area contributed by atoms with Crippen molar-refractivity contribution in [1.82, 2.24) is 10.6 Å². The van der Waals surface area contributed by atoms with Crippen LogP contribution in [0.4, 0.5) is 0 Å². The quantitative estimate of drug-likeness (QED) is 0.0785. The second kappa shape index (κ2) is 17.6. The lowest BCUT2D eigenvalue weighted by Gasteiger charge is -2.38. The van der Waals surface area contributed by atoms with Crippen LogP contribution in [0.25, 0.3) is 0 Å². The Balaban J connectivity index is 1.29. The van der Waals surface area contributed by atoms with Crippen molar-refractivity contribution < 1.29 is 19.8 Å². The van der Waals surface area contributed by atoms with E-state index in [1.807, 2.05) is 182 Å². The van der Waals surface area contributed by atoms with E-state index in [2.05, 4.69) is 10.6 Å². The summed E-state index contributed by atoms with van der Waals surface area (Å²) in [5, 5.41) is 31.4. The number of carbonyl (C=O) groups is 2. The van der Waals surface area contributed by atoms with Crippen LogP contribution in [0.15, 0.2) is 182 Å². The molecule has 0 aromatic heterocycles. The zero-order chi connectivity index (χ0) is 36.9. The fraction of sp³-hybridized carbons (Fsp3) is 0.191.